The molecule has 0 spiro atoms. The second kappa shape index (κ2) is 9.27. The minimum absolute atomic E-state index is 0. The number of methoxy groups -OCH3 is 1. The fraction of sp³-hybridized carbons (Fsp3) is 0.708. The minimum atomic E-state index is -1.55. The highest BCUT2D eigenvalue weighted by molar-refractivity contribution is 5.81. The molecule has 1 aromatic rings. The van der Waals surface area contributed by atoms with Gasteiger partial charge in [0.2, 0.25) is 0 Å². The van der Waals surface area contributed by atoms with E-state index < -0.39 is 11.6 Å². The summed E-state index contributed by atoms with van der Waals surface area (Å²) in [7, 11) is 6.30. The normalized spacial score (nSPS) is 32.7. The molecule has 3 unspecified atom stereocenters. The lowest BCUT2D eigenvalue weighted by Gasteiger charge is -2.45. The van der Waals surface area contributed by atoms with Crippen molar-refractivity contribution in [1.82, 2.24) is 0 Å². The summed E-state index contributed by atoms with van der Waals surface area (Å²) in [4.78, 5) is 13.5. The lowest BCUT2D eigenvalue weighted by atomic mass is 9.73. The van der Waals surface area contributed by atoms with Crippen LogP contribution in [0.3, 0.4) is 0 Å². The van der Waals surface area contributed by atoms with Crippen LogP contribution in [0.1, 0.15) is 56.9 Å². The number of esters is 1. The van der Waals surface area contributed by atoms with Crippen molar-refractivity contribution in [3.63, 3.8) is 0 Å². The van der Waals surface area contributed by atoms with Crippen LogP contribution in [0, 0.1) is 5.92 Å². The van der Waals surface area contributed by atoms with Crippen molar-refractivity contribution in [1.29, 1.82) is 0 Å². The maximum atomic E-state index is 13.5. The van der Waals surface area contributed by atoms with E-state index in [1.165, 1.54) is 6.42 Å². The van der Waals surface area contributed by atoms with Crippen LogP contribution in [0.2, 0.25) is 0 Å². The predicted octanol–water partition coefficient (Wildman–Crippen LogP) is 0.396. The van der Waals surface area contributed by atoms with Crippen molar-refractivity contribution in [2.45, 2.75) is 81.3 Å². The SMILES string of the molecule is COC1C[C@H]2CC(OC(=O)C(O)(c3ccccc3)C3CCCCC3)C[C@@H]1[N+]2(C)C.[Br-]. The largest absolute Gasteiger partial charge is 1.00 e. The van der Waals surface area contributed by atoms with Gasteiger partial charge in [-0.1, -0.05) is 49.6 Å². The summed E-state index contributed by atoms with van der Waals surface area (Å²) < 4.78 is 12.7. The number of carbonyl (C=O) groups is 1. The van der Waals surface area contributed by atoms with Crippen LogP contribution in [0.25, 0.3) is 0 Å². The van der Waals surface area contributed by atoms with E-state index in [2.05, 4.69) is 14.1 Å². The maximum Gasteiger partial charge on any atom is 0.343 e. The molecule has 168 valence electrons. The number of benzene rings is 1. The van der Waals surface area contributed by atoms with Crippen LogP contribution in [0.15, 0.2) is 30.3 Å². The zero-order valence-electron chi connectivity index (χ0n) is 18.4. The lowest BCUT2D eigenvalue weighted by molar-refractivity contribution is -0.932. The number of carbonyl (C=O) groups excluding carboxylic acids is 1. The first-order valence-electron chi connectivity index (χ1n) is 11.2. The predicted molar refractivity (Wildman–Crippen MR) is 111 cm³/mol. The Morgan fingerprint density at radius 3 is 2.37 bits per heavy atom. The molecule has 1 aliphatic carbocycles. The Kier molecular flexibility index (Phi) is 7.33. The topological polar surface area (TPSA) is 55.8 Å². The van der Waals surface area contributed by atoms with E-state index in [-0.39, 0.29) is 35.1 Å². The van der Waals surface area contributed by atoms with Crippen molar-refractivity contribution < 1.29 is 40.8 Å². The molecular weight excluding hydrogens is 446 g/mol. The number of hydrogen-bond donors (Lipinski definition) is 1. The molecule has 30 heavy (non-hydrogen) atoms. The number of aliphatic hydroxyl groups is 1. The summed E-state index contributed by atoms with van der Waals surface area (Å²) in [6.45, 7) is 0. The Bertz CT molecular complexity index is 721. The molecule has 2 saturated heterocycles. The van der Waals surface area contributed by atoms with Crippen LogP contribution >= 0.6 is 0 Å². The molecule has 1 N–H and O–H groups in total. The number of nitrogens with zero attached hydrogens (tertiary/aromatic N) is 1. The molecule has 4 rings (SSSR count). The summed E-state index contributed by atoms with van der Waals surface area (Å²) in [5.74, 6) is -0.536. The fourth-order valence-corrected chi connectivity index (χ4v) is 6.18. The quantitative estimate of drug-likeness (QED) is 0.488. The second-order valence-corrected chi connectivity index (χ2v) is 9.83. The maximum absolute atomic E-state index is 13.5. The van der Waals surface area contributed by atoms with E-state index in [1.54, 1.807) is 7.11 Å². The highest BCUT2D eigenvalue weighted by Gasteiger charge is 2.57. The van der Waals surface area contributed by atoms with Crippen LogP contribution in [0.5, 0.6) is 0 Å². The zero-order chi connectivity index (χ0) is 20.6. The van der Waals surface area contributed by atoms with E-state index >= 15 is 0 Å². The van der Waals surface area contributed by atoms with E-state index in [4.69, 9.17) is 9.47 Å². The van der Waals surface area contributed by atoms with Crippen molar-refractivity contribution in [3.05, 3.63) is 35.9 Å². The van der Waals surface area contributed by atoms with Gasteiger partial charge in [0.05, 0.1) is 20.1 Å². The van der Waals surface area contributed by atoms with Crippen LogP contribution in [-0.4, -0.2) is 61.1 Å². The van der Waals surface area contributed by atoms with Gasteiger partial charge in [0.15, 0.2) is 5.60 Å². The molecule has 2 aliphatic heterocycles. The Balaban J connectivity index is 0.00000256. The lowest BCUT2D eigenvalue weighted by Crippen LogP contribution is -3.00. The number of piperidine rings is 1. The monoisotopic (exact) mass is 481 g/mol. The van der Waals surface area contributed by atoms with Crippen molar-refractivity contribution in [2.75, 3.05) is 21.2 Å². The first-order valence-corrected chi connectivity index (χ1v) is 11.2. The van der Waals surface area contributed by atoms with Gasteiger partial charge < -0.3 is 36.0 Å². The molecular formula is C24H36BrNO4. The Morgan fingerprint density at radius 1 is 1.07 bits per heavy atom. The third kappa shape index (κ3) is 4.08. The van der Waals surface area contributed by atoms with Crippen molar-refractivity contribution >= 4 is 5.97 Å². The number of hydrogen-bond acceptors (Lipinski definition) is 4. The molecule has 0 aromatic heterocycles. The van der Waals surface area contributed by atoms with Gasteiger partial charge >= 0.3 is 5.97 Å². The van der Waals surface area contributed by atoms with E-state index in [0.717, 1.165) is 49.4 Å². The molecule has 1 saturated carbocycles. The Labute approximate surface area is 191 Å². The summed E-state index contributed by atoms with van der Waals surface area (Å²) >= 11 is 0. The van der Waals surface area contributed by atoms with Gasteiger partial charge in [-0.25, -0.2) is 4.79 Å². The van der Waals surface area contributed by atoms with Crippen molar-refractivity contribution in [2.24, 2.45) is 5.92 Å². The summed E-state index contributed by atoms with van der Waals surface area (Å²) in [6.07, 6.45) is 7.73. The first-order chi connectivity index (χ1) is 13.9. The number of fused-ring (bicyclic) bond motifs is 2. The standard InChI is InChI=1S/C24H36NO4.BrH/c1-25(2)19-14-20(16-21(25)22(15-19)28-3)29-23(26)24(27,17-10-6-4-7-11-17)18-12-8-5-9-13-18;/h4,6-7,10-11,18-22,27H,5,8-9,12-16H2,1-3H3;1H/q+1;/p-1/t19-,20?,21+,22?,24?;/m1./s1. The van der Waals surface area contributed by atoms with Crippen LogP contribution < -0.4 is 17.0 Å². The van der Waals surface area contributed by atoms with Gasteiger partial charge in [-0.3, -0.25) is 0 Å². The molecule has 0 radical (unpaired) electrons. The van der Waals surface area contributed by atoms with Gasteiger partial charge in [0, 0.05) is 32.3 Å². The molecule has 1 aromatic carbocycles. The number of ether oxygens (including phenoxy) is 2. The minimum Gasteiger partial charge on any atom is -1.00 e. The van der Waals surface area contributed by atoms with Gasteiger partial charge in [-0.2, -0.15) is 0 Å². The Hall–Kier alpha value is -0.950. The third-order valence-corrected chi connectivity index (χ3v) is 8.07. The molecule has 0 amide bonds. The van der Waals surface area contributed by atoms with Gasteiger partial charge in [0.1, 0.15) is 18.2 Å². The molecule has 5 nitrogen and oxygen atoms in total. The molecule has 3 aliphatic rings. The van der Waals surface area contributed by atoms with Crippen LogP contribution in [-0.2, 0) is 19.9 Å². The highest BCUT2D eigenvalue weighted by Crippen LogP contribution is 2.44. The van der Waals surface area contributed by atoms with Crippen LogP contribution in [0.4, 0.5) is 0 Å². The first kappa shape index (κ1) is 23.7. The molecule has 6 heteroatoms. The van der Waals surface area contributed by atoms with Gasteiger partial charge in [-0.05, 0) is 18.4 Å². The van der Waals surface area contributed by atoms with E-state index in [0.29, 0.717) is 17.6 Å². The second-order valence-electron chi connectivity index (χ2n) is 9.83. The summed E-state index contributed by atoms with van der Waals surface area (Å²) in [6, 6.07) is 10.2. The molecule has 3 fully saturated rings. The number of quaternary nitrogens is 1. The number of halogens is 1. The van der Waals surface area contributed by atoms with Gasteiger partial charge in [0.25, 0.3) is 0 Å². The van der Waals surface area contributed by atoms with E-state index in [9.17, 15) is 9.90 Å². The third-order valence-electron chi connectivity index (χ3n) is 8.07. The summed E-state index contributed by atoms with van der Waals surface area (Å²) in [5.41, 5.74) is -0.884. The van der Waals surface area contributed by atoms with E-state index in [1.807, 2.05) is 30.3 Å². The molecule has 2 heterocycles. The van der Waals surface area contributed by atoms with Gasteiger partial charge in [-0.15, -0.1) is 0 Å². The molecule has 5 atom stereocenters. The summed E-state index contributed by atoms with van der Waals surface area (Å²) in [5, 5.41) is 11.8. The smallest absolute Gasteiger partial charge is 0.343 e. The highest BCUT2D eigenvalue weighted by atomic mass is 79.9. The molecule has 2 bridgehead atoms. The number of rotatable bonds is 5. The fourth-order valence-electron chi connectivity index (χ4n) is 6.18. The Morgan fingerprint density at radius 2 is 1.73 bits per heavy atom. The average Bonchev–Trinajstić information content (AvgIpc) is 2.87. The number of likely N-dealkylation sites (N-methyl/N-ethyl adjacent to an activating group) is 1. The average molecular weight is 482 g/mol. The zero-order valence-corrected chi connectivity index (χ0v) is 20.0. The van der Waals surface area contributed by atoms with Crippen molar-refractivity contribution in [3.8, 4) is 0 Å².